The van der Waals surface area contributed by atoms with Crippen molar-refractivity contribution < 1.29 is 18.1 Å². The summed E-state index contributed by atoms with van der Waals surface area (Å²) < 4.78 is 32.4. The second-order valence-corrected chi connectivity index (χ2v) is 6.09. The van der Waals surface area contributed by atoms with Gasteiger partial charge in [0.15, 0.2) is 5.75 Å². The third-order valence-electron chi connectivity index (χ3n) is 3.22. The van der Waals surface area contributed by atoms with E-state index in [9.17, 15) is 18.1 Å². The summed E-state index contributed by atoms with van der Waals surface area (Å²) in [7, 11) is -1.84. The number of azo groups is 2. The molecule has 2 aromatic rings. The van der Waals surface area contributed by atoms with Gasteiger partial charge < -0.3 is 10.8 Å². The number of nitrogens with zero attached hydrogens (tertiary/aromatic N) is 4. The fourth-order valence-corrected chi connectivity index (χ4v) is 2.97. The lowest BCUT2D eigenvalue weighted by atomic mass is 10.0. The van der Waals surface area contributed by atoms with Crippen molar-refractivity contribution in [3.05, 3.63) is 17.7 Å². The maximum Gasteiger partial charge on any atom is 0.296 e. The van der Waals surface area contributed by atoms with Crippen molar-refractivity contribution in [3.63, 3.8) is 0 Å². The second kappa shape index (κ2) is 5.89. The van der Waals surface area contributed by atoms with Gasteiger partial charge in [-0.05, 0) is 30.0 Å². The molecular formula is C13H15N5O4S. The first-order valence-electron chi connectivity index (χ1n) is 6.38. The van der Waals surface area contributed by atoms with E-state index in [4.69, 9.17) is 5.73 Å². The van der Waals surface area contributed by atoms with E-state index in [0.717, 1.165) is 0 Å². The molecule has 0 saturated heterocycles. The molecule has 122 valence electrons. The van der Waals surface area contributed by atoms with Crippen molar-refractivity contribution in [3.8, 4) is 5.75 Å². The van der Waals surface area contributed by atoms with Crippen LogP contribution in [0.4, 0.5) is 17.1 Å². The topological polar surface area (TPSA) is 150 Å². The molecule has 0 spiro atoms. The van der Waals surface area contributed by atoms with E-state index in [0.29, 0.717) is 16.6 Å². The first-order valence-corrected chi connectivity index (χ1v) is 7.82. The van der Waals surface area contributed by atoms with Crippen LogP contribution in [0.2, 0.25) is 0 Å². The Labute approximate surface area is 132 Å². The quantitative estimate of drug-likeness (QED) is 0.446. The number of aromatic hydroxyl groups is 1. The molecule has 9 nitrogen and oxygen atoms in total. The molecule has 2 aromatic carbocycles. The van der Waals surface area contributed by atoms with E-state index >= 15 is 0 Å². The van der Waals surface area contributed by atoms with Crippen molar-refractivity contribution in [1.29, 1.82) is 0 Å². The van der Waals surface area contributed by atoms with Gasteiger partial charge in [-0.1, -0.05) is 0 Å². The summed E-state index contributed by atoms with van der Waals surface area (Å²) in [6.07, 6.45) is 0. The number of phenolic OH excluding ortho intramolecular Hbond substituents is 1. The number of rotatable bonds is 3. The Morgan fingerprint density at radius 2 is 1.65 bits per heavy atom. The number of hydrogen-bond donors (Lipinski definition) is 3. The van der Waals surface area contributed by atoms with Crippen LogP contribution in [0.5, 0.6) is 5.75 Å². The molecule has 0 radical (unpaired) electrons. The molecule has 0 aliphatic rings. The van der Waals surface area contributed by atoms with E-state index in [1.165, 1.54) is 20.2 Å². The molecule has 0 bridgehead atoms. The number of aryl methyl sites for hydroxylation is 1. The van der Waals surface area contributed by atoms with E-state index in [1.807, 2.05) is 0 Å². The van der Waals surface area contributed by atoms with Crippen LogP contribution in [0.25, 0.3) is 10.8 Å². The van der Waals surface area contributed by atoms with Crippen molar-refractivity contribution in [2.75, 3.05) is 19.8 Å². The fraction of sp³-hybridized carbons (Fsp3) is 0.231. The summed E-state index contributed by atoms with van der Waals surface area (Å²) in [4.78, 5) is -0.559. The highest BCUT2D eigenvalue weighted by atomic mass is 32.2. The van der Waals surface area contributed by atoms with Crippen LogP contribution in [0.1, 0.15) is 5.56 Å². The second-order valence-electron chi connectivity index (χ2n) is 4.70. The van der Waals surface area contributed by atoms with Crippen molar-refractivity contribution in [2.24, 2.45) is 20.5 Å². The molecule has 4 N–H and O–H groups in total. The van der Waals surface area contributed by atoms with Crippen LogP contribution in [0.3, 0.4) is 0 Å². The highest BCUT2D eigenvalue weighted by Gasteiger charge is 2.24. The summed E-state index contributed by atoms with van der Waals surface area (Å²) in [5, 5.41) is 25.5. The van der Waals surface area contributed by atoms with Gasteiger partial charge in [0.2, 0.25) is 0 Å². The summed E-state index contributed by atoms with van der Waals surface area (Å²) in [5.41, 5.74) is 6.75. The molecule has 0 aliphatic carbocycles. The minimum atomic E-state index is -4.61. The smallest absolute Gasteiger partial charge is 0.296 e. The molecule has 0 saturated carbocycles. The van der Waals surface area contributed by atoms with E-state index in [-0.39, 0.29) is 11.1 Å². The number of hydrogen-bond acceptors (Lipinski definition) is 8. The highest BCUT2D eigenvalue weighted by Crippen LogP contribution is 2.46. The van der Waals surface area contributed by atoms with Crippen LogP contribution in [0, 0.1) is 6.92 Å². The molecule has 23 heavy (non-hydrogen) atoms. The van der Waals surface area contributed by atoms with Gasteiger partial charge in [-0.3, -0.25) is 4.55 Å². The van der Waals surface area contributed by atoms with Gasteiger partial charge in [-0.25, -0.2) is 0 Å². The Hall–Kier alpha value is -2.59. The monoisotopic (exact) mass is 337 g/mol. The third kappa shape index (κ3) is 2.85. The number of nitrogens with two attached hydrogens (primary N) is 1. The molecule has 0 amide bonds. The predicted octanol–water partition coefficient (Wildman–Crippen LogP) is 3.11. The largest absolute Gasteiger partial charge is 0.505 e. The van der Waals surface area contributed by atoms with Crippen LogP contribution < -0.4 is 5.73 Å². The molecule has 0 aliphatic heterocycles. The summed E-state index contributed by atoms with van der Waals surface area (Å²) in [6.45, 7) is 1.71. The average Bonchev–Trinajstić information content (AvgIpc) is 2.44. The minimum absolute atomic E-state index is 0.123. The third-order valence-corrected chi connectivity index (χ3v) is 4.08. The number of anilines is 1. The summed E-state index contributed by atoms with van der Waals surface area (Å²) in [6, 6.07) is 2.75. The molecule has 0 unspecified atom stereocenters. The zero-order valence-corrected chi connectivity index (χ0v) is 13.5. The van der Waals surface area contributed by atoms with E-state index in [1.54, 1.807) is 13.0 Å². The Morgan fingerprint density at radius 1 is 1.09 bits per heavy atom. The fourth-order valence-electron chi connectivity index (χ4n) is 2.31. The zero-order valence-electron chi connectivity index (χ0n) is 12.6. The number of phenols is 1. The molecule has 0 atom stereocenters. The minimum Gasteiger partial charge on any atom is -0.505 e. The van der Waals surface area contributed by atoms with E-state index in [2.05, 4.69) is 20.5 Å². The molecule has 0 heterocycles. The predicted molar refractivity (Wildman–Crippen MR) is 85.5 cm³/mol. The van der Waals surface area contributed by atoms with Gasteiger partial charge in [0.1, 0.15) is 16.3 Å². The Kier molecular flexibility index (Phi) is 4.30. The van der Waals surface area contributed by atoms with Gasteiger partial charge in [0.25, 0.3) is 10.1 Å². The lowest BCUT2D eigenvalue weighted by Gasteiger charge is -2.13. The zero-order chi connectivity index (χ0) is 17.4. The maximum atomic E-state index is 11.5. The SMILES string of the molecule is CN=Nc1c(C)cc2cc(S(=O)(=O)O)c(N=NC)c(O)c2c1N. The maximum absolute atomic E-state index is 11.5. The Balaban J connectivity index is 3.07. The standard InChI is InChI=1S/C13H15N5O4S/c1-6-4-7-5-8(23(20,21)22)12(18-16-3)13(19)9(7)10(14)11(6)17-15-2/h4-5,19H,14H2,1-3H3,(H,20,21,22). The Bertz CT molecular complexity index is 951. The van der Waals surface area contributed by atoms with Gasteiger partial charge in [0.05, 0.1) is 11.1 Å². The molecule has 0 fully saturated rings. The number of fused-ring (bicyclic) bond motifs is 1. The normalized spacial score (nSPS) is 12.7. The Morgan fingerprint density at radius 3 is 2.17 bits per heavy atom. The lowest BCUT2D eigenvalue weighted by Crippen LogP contribution is -2.00. The highest BCUT2D eigenvalue weighted by molar-refractivity contribution is 7.86. The van der Waals surface area contributed by atoms with Crippen LogP contribution in [0.15, 0.2) is 37.5 Å². The van der Waals surface area contributed by atoms with Crippen molar-refractivity contribution in [1.82, 2.24) is 0 Å². The number of nitrogen functional groups attached to an aromatic ring is 1. The van der Waals surface area contributed by atoms with Gasteiger partial charge >= 0.3 is 0 Å². The van der Waals surface area contributed by atoms with E-state index < -0.39 is 26.5 Å². The van der Waals surface area contributed by atoms with Crippen LogP contribution >= 0.6 is 0 Å². The summed E-state index contributed by atoms with van der Waals surface area (Å²) >= 11 is 0. The molecule has 10 heteroatoms. The van der Waals surface area contributed by atoms with Crippen molar-refractivity contribution >= 4 is 38.0 Å². The molecule has 2 rings (SSSR count). The molecular weight excluding hydrogens is 322 g/mol. The number of benzene rings is 2. The van der Waals surface area contributed by atoms with Gasteiger partial charge in [0, 0.05) is 14.1 Å². The van der Waals surface area contributed by atoms with Crippen LogP contribution in [-0.4, -0.2) is 32.2 Å². The van der Waals surface area contributed by atoms with Gasteiger partial charge in [-0.15, -0.1) is 0 Å². The molecule has 0 aromatic heterocycles. The first kappa shape index (κ1) is 16.8. The summed E-state index contributed by atoms with van der Waals surface area (Å²) in [5.74, 6) is -0.509. The van der Waals surface area contributed by atoms with Gasteiger partial charge in [-0.2, -0.15) is 28.9 Å². The lowest BCUT2D eigenvalue weighted by molar-refractivity contribution is 0.472. The first-order chi connectivity index (χ1) is 10.7. The van der Waals surface area contributed by atoms with Crippen LogP contribution in [-0.2, 0) is 10.1 Å². The van der Waals surface area contributed by atoms with Crippen molar-refractivity contribution in [2.45, 2.75) is 11.8 Å². The average molecular weight is 337 g/mol.